The number of thioether (sulfide) groups is 2. The van der Waals surface area contributed by atoms with Crippen molar-refractivity contribution in [3.63, 3.8) is 0 Å². The molecule has 19 heteroatoms. The number of unbranched alkanes of at least 4 members (excludes halogenated alkanes) is 1. The number of benzene rings is 3. The highest BCUT2D eigenvalue weighted by atomic mass is 32.2. The predicted octanol–water partition coefficient (Wildman–Crippen LogP) is 4.12. The Morgan fingerprint density at radius 1 is 0.970 bits per heavy atom. The quantitative estimate of drug-likeness (QED) is 0.0813. The number of rotatable bonds is 8. The molecular weight excluding hydrogens is 891 g/mol. The highest BCUT2D eigenvalue weighted by Gasteiger charge is 2.61. The number of nitrogens with one attached hydrogen (secondary N) is 3. The van der Waals surface area contributed by atoms with Gasteiger partial charge in [0.2, 0.25) is 6.79 Å². The maximum Gasteiger partial charge on any atom is 0.331 e. The molecule has 9 aliphatic heterocycles. The molecule has 4 saturated heterocycles. The second-order valence-corrected chi connectivity index (χ2v) is 21.1. The van der Waals surface area contributed by atoms with E-state index in [1.54, 1.807) is 12.1 Å². The largest absolute Gasteiger partial charge is 0.504 e. The lowest BCUT2D eigenvalue weighted by atomic mass is 9.73. The minimum absolute atomic E-state index is 0.0293. The Bertz CT molecular complexity index is 2550. The number of aromatic hydroxyl groups is 2. The Labute approximate surface area is 390 Å². The van der Waals surface area contributed by atoms with Gasteiger partial charge in [-0.2, -0.15) is 11.8 Å². The van der Waals surface area contributed by atoms with Gasteiger partial charge in [-0.1, -0.05) is 12.5 Å². The molecule has 9 heterocycles. The van der Waals surface area contributed by atoms with E-state index in [2.05, 4.69) is 20.9 Å². The van der Waals surface area contributed by atoms with Crippen LogP contribution in [0, 0.1) is 13.8 Å². The van der Waals surface area contributed by atoms with Crippen molar-refractivity contribution in [2.45, 2.75) is 111 Å². The average molecular weight is 946 g/mol. The van der Waals surface area contributed by atoms with Crippen LogP contribution in [0.15, 0.2) is 18.2 Å². The van der Waals surface area contributed by atoms with Crippen LogP contribution in [0.3, 0.4) is 0 Å². The number of nitrogens with zero attached hydrogens (tertiary/aromatic N) is 2. The van der Waals surface area contributed by atoms with E-state index in [1.165, 1.54) is 26.0 Å². The highest BCUT2D eigenvalue weighted by Crippen LogP contribution is 2.64. The Hall–Kier alpha value is -4.79. The van der Waals surface area contributed by atoms with Gasteiger partial charge in [-0.25, -0.2) is 9.59 Å². The van der Waals surface area contributed by atoms with Crippen molar-refractivity contribution in [2.75, 3.05) is 52.7 Å². The van der Waals surface area contributed by atoms with Crippen molar-refractivity contribution < 1.29 is 58.1 Å². The molecule has 0 aromatic heterocycles. The molecule has 0 radical (unpaired) electrons. The van der Waals surface area contributed by atoms with Crippen LogP contribution in [-0.4, -0.2) is 131 Å². The third-order valence-corrected chi connectivity index (χ3v) is 18.3. The number of aryl methyl sites for hydroxylation is 1. The van der Waals surface area contributed by atoms with Gasteiger partial charge in [-0.05, 0) is 81.0 Å². The summed E-state index contributed by atoms with van der Waals surface area (Å²) in [6.07, 6.45) is 2.25. The van der Waals surface area contributed by atoms with Crippen LogP contribution in [0.5, 0.6) is 40.2 Å². The molecular formula is C47H55N5O12S2. The van der Waals surface area contributed by atoms with Gasteiger partial charge in [-0.3, -0.25) is 19.9 Å². The van der Waals surface area contributed by atoms with Crippen LogP contribution in [-0.2, 0) is 32.7 Å². The first-order chi connectivity index (χ1) is 31.8. The summed E-state index contributed by atoms with van der Waals surface area (Å²) in [5, 5.41) is 45.1. The zero-order valence-electron chi connectivity index (χ0n) is 37.4. The van der Waals surface area contributed by atoms with Gasteiger partial charge < -0.3 is 54.4 Å². The monoisotopic (exact) mass is 945 g/mol. The summed E-state index contributed by atoms with van der Waals surface area (Å²) in [5.41, 5.74) is 4.26. The fourth-order valence-electron chi connectivity index (χ4n) is 12.3. The van der Waals surface area contributed by atoms with Crippen molar-refractivity contribution in [1.29, 1.82) is 0 Å². The lowest BCUT2D eigenvalue weighted by molar-refractivity contribution is -0.186. The van der Waals surface area contributed by atoms with Gasteiger partial charge in [0.1, 0.15) is 18.6 Å². The van der Waals surface area contributed by atoms with E-state index >= 15 is 0 Å². The molecule has 10 atom stereocenters. The van der Waals surface area contributed by atoms with Gasteiger partial charge in [-0.15, -0.1) is 11.8 Å². The third-order valence-electron chi connectivity index (χ3n) is 15.3. The van der Waals surface area contributed by atoms with E-state index in [1.807, 2.05) is 43.6 Å². The number of esters is 2. The topological polar surface area (TPSA) is 210 Å². The summed E-state index contributed by atoms with van der Waals surface area (Å²) in [7, 11) is 4.97. The maximum absolute atomic E-state index is 14.9. The number of urea groups is 1. The Balaban J connectivity index is 1.04. The van der Waals surface area contributed by atoms with Crippen molar-refractivity contribution in [2.24, 2.45) is 0 Å². The number of hydrogen-bond donors (Lipinski definition) is 6. The third kappa shape index (κ3) is 6.54. The number of ether oxygens (including phenoxy) is 6. The number of carbonyl (C=O) groups is 3. The van der Waals surface area contributed by atoms with Gasteiger partial charge >= 0.3 is 18.0 Å². The van der Waals surface area contributed by atoms with E-state index < -0.39 is 53.1 Å². The molecule has 352 valence electrons. The summed E-state index contributed by atoms with van der Waals surface area (Å²) >= 11 is 3.31. The van der Waals surface area contributed by atoms with E-state index in [9.17, 15) is 29.7 Å². The van der Waals surface area contributed by atoms with E-state index in [0.717, 1.165) is 35.3 Å². The molecule has 2 amide bonds. The summed E-state index contributed by atoms with van der Waals surface area (Å²) < 4.78 is 36.9. The SMILES string of the molecule is COc1cc2c(cc1O)CCN[C@]21CS[C@@H]2c3c(OC(=O)CCCC[C@@H]4SCC5NC(=O)NC54)c(C)c4c(c3[C@H](COC1=O)N1C2[C@H]2c3c(cc(C)c(OC)c3O)C[C@@H]([C@@H]1O)N2C)OCO4. The predicted molar refractivity (Wildman–Crippen MR) is 243 cm³/mol. The molecule has 6 N–H and O–H groups in total. The number of likely N-dealkylation sites (N-methyl/N-ethyl adjacent to an activating group) is 1. The van der Waals surface area contributed by atoms with Gasteiger partial charge in [0.25, 0.3) is 0 Å². The number of aliphatic hydroxyl groups excluding tert-OH is 1. The van der Waals surface area contributed by atoms with E-state index in [0.29, 0.717) is 76.6 Å². The fraction of sp³-hybridized carbons (Fsp3) is 0.553. The number of carbonyl (C=O) groups excluding carboxylic acids is 3. The minimum atomic E-state index is -1.40. The summed E-state index contributed by atoms with van der Waals surface area (Å²) in [5.74, 6) is 1.83. The second-order valence-electron chi connectivity index (χ2n) is 18.7. The number of hydrogen-bond acceptors (Lipinski definition) is 17. The number of phenols is 2. The van der Waals surface area contributed by atoms with Gasteiger partial charge in [0.15, 0.2) is 40.0 Å². The number of piperazine rings is 1. The number of aliphatic hydroxyl groups is 1. The molecule has 3 unspecified atom stereocenters. The number of fused-ring (bicyclic) bond motifs is 10. The average Bonchev–Trinajstić information content (AvgIpc) is 4.03. The number of amides is 2. The molecule has 4 bridgehead atoms. The second kappa shape index (κ2) is 16.5. The molecule has 9 aliphatic rings. The van der Waals surface area contributed by atoms with Crippen LogP contribution >= 0.6 is 23.5 Å². The molecule has 17 nitrogen and oxygen atoms in total. The van der Waals surface area contributed by atoms with Crippen molar-refractivity contribution in [1.82, 2.24) is 25.8 Å². The minimum Gasteiger partial charge on any atom is -0.504 e. The molecule has 66 heavy (non-hydrogen) atoms. The first kappa shape index (κ1) is 43.8. The fourth-order valence-corrected chi connectivity index (χ4v) is 15.5. The van der Waals surface area contributed by atoms with Crippen LogP contribution in [0.1, 0.15) is 87.5 Å². The Kier molecular flexibility index (Phi) is 10.9. The van der Waals surface area contributed by atoms with Crippen LogP contribution < -0.4 is 39.6 Å². The first-order valence-electron chi connectivity index (χ1n) is 22.7. The van der Waals surface area contributed by atoms with Crippen LogP contribution in [0.4, 0.5) is 4.79 Å². The van der Waals surface area contributed by atoms with Crippen molar-refractivity contribution in [3.8, 4) is 40.2 Å². The summed E-state index contributed by atoms with van der Waals surface area (Å²) in [4.78, 5) is 45.3. The lowest BCUT2D eigenvalue weighted by Gasteiger charge is -2.62. The zero-order chi connectivity index (χ0) is 45.9. The maximum atomic E-state index is 14.9. The van der Waals surface area contributed by atoms with Crippen molar-refractivity contribution in [3.05, 3.63) is 62.7 Å². The molecule has 1 spiro atoms. The van der Waals surface area contributed by atoms with Gasteiger partial charge in [0, 0.05) is 58.0 Å². The number of methoxy groups -OCH3 is 2. The molecule has 0 saturated carbocycles. The summed E-state index contributed by atoms with van der Waals surface area (Å²) in [6, 6.07) is 3.08. The Morgan fingerprint density at radius 3 is 2.59 bits per heavy atom. The van der Waals surface area contributed by atoms with E-state index in [4.69, 9.17) is 28.4 Å². The normalized spacial score (nSPS) is 31.5. The van der Waals surface area contributed by atoms with Crippen molar-refractivity contribution >= 4 is 41.5 Å². The molecule has 12 rings (SSSR count). The van der Waals surface area contributed by atoms with Crippen LogP contribution in [0.2, 0.25) is 0 Å². The van der Waals surface area contributed by atoms with E-state index in [-0.39, 0.29) is 66.2 Å². The molecule has 0 aliphatic carbocycles. The molecule has 3 aromatic rings. The lowest BCUT2D eigenvalue weighted by Crippen LogP contribution is -2.70. The molecule has 4 fully saturated rings. The first-order valence-corrected chi connectivity index (χ1v) is 24.8. The highest BCUT2D eigenvalue weighted by molar-refractivity contribution is 8.00. The standard InChI is InChI=1S/C47H55N5O12S2/c1-20-12-23-13-26-44(56)52-27-16-61-45(57)47(24-15-29(59-4)28(53)14-22(24)10-11-48-47)18-66-43(37(52)36(51(26)3)32(23)38(55)39(20)60-5)34-33(27)42-41(62-19-63-42)21(2)40(34)64-31(54)9-7-6-8-30-35-25(17-65-30)49-46(58)50-35/h12,14-15,25-27,30,35-37,43-44,48,53,55-56H,6-11,13,16-19H2,1-5H3,(H2,49,50,58)/t25?,26-,27-,30-,35?,36+,37?,43+,44-,47+/m0/s1. The molecule has 3 aromatic carbocycles. The van der Waals surface area contributed by atoms with Gasteiger partial charge in [0.05, 0.1) is 49.7 Å². The Morgan fingerprint density at radius 2 is 1.79 bits per heavy atom. The number of phenolic OH excluding ortho intramolecular Hbond substituents is 2. The zero-order valence-corrected chi connectivity index (χ0v) is 39.1. The van der Waals surface area contributed by atoms with Crippen LogP contribution in [0.25, 0.3) is 0 Å². The smallest absolute Gasteiger partial charge is 0.331 e. The summed E-state index contributed by atoms with van der Waals surface area (Å²) in [6.45, 7) is 3.88.